The molecule has 0 amide bonds. The molecule has 7 heteroatoms. The Morgan fingerprint density at radius 2 is 1.85 bits per heavy atom. The van der Waals surface area contributed by atoms with Crippen molar-refractivity contribution in [3.8, 4) is 11.5 Å². The first-order valence-electron chi connectivity index (χ1n) is 14.8. The summed E-state index contributed by atoms with van der Waals surface area (Å²) in [6.45, 7) is 18.2. The Labute approximate surface area is 238 Å². The fourth-order valence-corrected chi connectivity index (χ4v) is 5.88. The molecule has 0 atom stereocenters. The van der Waals surface area contributed by atoms with Gasteiger partial charge in [-0.15, -0.1) is 0 Å². The van der Waals surface area contributed by atoms with E-state index in [9.17, 15) is 0 Å². The van der Waals surface area contributed by atoms with E-state index in [0.29, 0.717) is 0 Å². The highest BCUT2D eigenvalue weighted by Gasteiger charge is 2.21. The van der Waals surface area contributed by atoms with Gasteiger partial charge >= 0.3 is 0 Å². The fourth-order valence-electron chi connectivity index (χ4n) is 5.88. The number of allylic oxidation sites excluding steroid dienone is 3. The number of aromatic amines is 2. The summed E-state index contributed by atoms with van der Waals surface area (Å²) in [4.78, 5) is 18.1. The average molecular weight is 538 g/mol. The first-order chi connectivity index (χ1) is 19.6. The highest BCUT2D eigenvalue weighted by molar-refractivity contribution is 5.87. The minimum atomic E-state index is 0.747. The molecule has 2 saturated heterocycles. The molecule has 2 N–H and O–H groups in total. The third-order valence-corrected chi connectivity index (χ3v) is 8.07. The monoisotopic (exact) mass is 537 g/mol. The number of imidazole rings is 1. The van der Waals surface area contributed by atoms with Crippen LogP contribution in [0, 0.1) is 6.92 Å². The summed E-state index contributed by atoms with van der Waals surface area (Å²) in [5, 5.41) is 9.78. The Bertz CT molecular complexity index is 1480. The van der Waals surface area contributed by atoms with Gasteiger partial charge in [-0.3, -0.25) is 10.1 Å². The predicted molar refractivity (Wildman–Crippen MR) is 166 cm³/mol. The van der Waals surface area contributed by atoms with Crippen LogP contribution in [0.1, 0.15) is 68.0 Å². The molecule has 0 aliphatic carbocycles. The summed E-state index contributed by atoms with van der Waals surface area (Å²) >= 11 is 0. The van der Waals surface area contributed by atoms with Crippen molar-refractivity contribution < 1.29 is 0 Å². The van der Waals surface area contributed by atoms with Crippen LogP contribution in [-0.2, 0) is 6.42 Å². The van der Waals surface area contributed by atoms with Gasteiger partial charge in [-0.2, -0.15) is 5.10 Å². The second-order valence-corrected chi connectivity index (χ2v) is 11.0. The van der Waals surface area contributed by atoms with Crippen molar-refractivity contribution in [3.63, 3.8) is 0 Å². The van der Waals surface area contributed by atoms with E-state index >= 15 is 0 Å². The normalized spacial score (nSPS) is 17.6. The van der Waals surface area contributed by atoms with Gasteiger partial charge in [0.15, 0.2) is 5.82 Å². The van der Waals surface area contributed by atoms with Crippen molar-refractivity contribution >= 4 is 23.4 Å². The number of hydrogen-bond acceptors (Lipinski definition) is 5. The van der Waals surface area contributed by atoms with Gasteiger partial charge in [0.2, 0.25) is 0 Å². The number of piperidine rings is 1. The van der Waals surface area contributed by atoms with Crippen LogP contribution in [0.3, 0.4) is 0 Å². The van der Waals surface area contributed by atoms with Gasteiger partial charge in [0, 0.05) is 36.4 Å². The van der Waals surface area contributed by atoms with Crippen LogP contribution < -0.4 is 10.6 Å². The first kappa shape index (κ1) is 27.8. The smallest absolute Gasteiger partial charge is 0.159 e. The zero-order valence-corrected chi connectivity index (χ0v) is 24.2. The SMILES string of the molecule is C=C/C=C(\c1nc(-c2n[nH]c(=C/C)/c2=C\C(=C)c2cncc(CCCN3CCCC3)c2)[nH]c1C)N1CCCCC1. The van der Waals surface area contributed by atoms with Gasteiger partial charge in [-0.1, -0.05) is 25.3 Å². The minimum Gasteiger partial charge on any atom is -0.370 e. The highest BCUT2D eigenvalue weighted by Crippen LogP contribution is 2.26. The zero-order chi connectivity index (χ0) is 27.9. The Kier molecular flexibility index (Phi) is 9.12. The number of pyridine rings is 1. The summed E-state index contributed by atoms with van der Waals surface area (Å²) in [6, 6.07) is 2.23. The predicted octanol–water partition coefficient (Wildman–Crippen LogP) is 4.84. The number of aromatic nitrogens is 5. The van der Waals surface area contributed by atoms with E-state index in [1.165, 1.54) is 50.8 Å². The molecule has 3 aromatic rings. The van der Waals surface area contributed by atoms with E-state index in [2.05, 4.69) is 68.3 Å². The van der Waals surface area contributed by atoms with Gasteiger partial charge in [0.1, 0.15) is 11.4 Å². The standard InChI is InChI=1S/C33H43N7/c1-5-13-30(40-18-8-7-9-19-40)31-25(4)35-33(36-31)32-28(29(6-2)37-38-32)20-24(3)27-21-26(22-34-23-27)14-12-17-39-15-10-11-16-39/h5-6,13,20-23,37H,1,3,7-12,14-19H2,2,4H3,(H,35,36)/b28-20+,29-6+,30-13+. The van der Waals surface area contributed by atoms with Crippen molar-refractivity contribution in [1.82, 2.24) is 34.9 Å². The van der Waals surface area contributed by atoms with E-state index in [1.54, 1.807) is 0 Å². The number of aryl methyl sites for hydroxylation is 2. The summed E-state index contributed by atoms with van der Waals surface area (Å²) in [7, 11) is 0. The van der Waals surface area contributed by atoms with Crippen molar-refractivity contribution in [2.45, 2.75) is 58.8 Å². The van der Waals surface area contributed by atoms with E-state index in [0.717, 1.165) is 82.8 Å². The van der Waals surface area contributed by atoms with Gasteiger partial charge in [-0.05, 0) is 113 Å². The maximum atomic E-state index is 5.07. The topological polar surface area (TPSA) is 76.7 Å². The fraction of sp³-hybridized carbons (Fsp3) is 0.424. The van der Waals surface area contributed by atoms with Crippen LogP contribution in [0.5, 0.6) is 0 Å². The second kappa shape index (κ2) is 13.1. The number of likely N-dealkylation sites (tertiary alicyclic amines) is 2. The molecule has 0 bridgehead atoms. The average Bonchev–Trinajstić information content (AvgIpc) is 3.73. The lowest BCUT2D eigenvalue weighted by Crippen LogP contribution is -2.28. The lowest BCUT2D eigenvalue weighted by molar-refractivity contribution is 0.325. The summed E-state index contributed by atoms with van der Waals surface area (Å²) < 4.78 is 0. The van der Waals surface area contributed by atoms with Crippen molar-refractivity contribution in [1.29, 1.82) is 0 Å². The number of hydrogen-bond donors (Lipinski definition) is 2. The Balaban J connectivity index is 1.41. The molecule has 210 valence electrons. The van der Waals surface area contributed by atoms with Crippen LogP contribution >= 0.6 is 0 Å². The Morgan fingerprint density at radius 3 is 2.60 bits per heavy atom. The molecule has 2 aliphatic rings. The molecule has 0 spiro atoms. The molecule has 3 aromatic heterocycles. The van der Waals surface area contributed by atoms with Crippen LogP contribution in [-0.4, -0.2) is 67.7 Å². The van der Waals surface area contributed by atoms with Gasteiger partial charge in [0.25, 0.3) is 0 Å². The molecule has 7 nitrogen and oxygen atoms in total. The quantitative estimate of drug-likeness (QED) is 0.362. The molecule has 0 saturated carbocycles. The summed E-state index contributed by atoms with van der Waals surface area (Å²) in [5.41, 5.74) is 7.08. The number of rotatable bonds is 10. The van der Waals surface area contributed by atoms with E-state index in [1.807, 2.05) is 31.5 Å². The number of H-pyrrole nitrogens is 2. The maximum Gasteiger partial charge on any atom is 0.159 e. The zero-order valence-electron chi connectivity index (χ0n) is 24.2. The van der Waals surface area contributed by atoms with E-state index < -0.39 is 0 Å². The third kappa shape index (κ3) is 6.36. The van der Waals surface area contributed by atoms with Crippen LogP contribution in [0.15, 0.2) is 43.8 Å². The molecule has 0 unspecified atom stereocenters. The molecule has 2 fully saturated rings. The molecule has 0 aromatic carbocycles. The molecule has 2 aliphatic heterocycles. The minimum absolute atomic E-state index is 0.747. The summed E-state index contributed by atoms with van der Waals surface area (Å²) in [6.07, 6.45) is 20.5. The molecule has 0 radical (unpaired) electrons. The van der Waals surface area contributed by atoms with Crippen LogP contribution in [0.2, 0.25) is 0 Å². The first-order valence-corrected chi connectivity index (χ1v) is 14.8. The second-order valence-electron chi connectivity index (χ2n) is 11.0. The molecule has 5 rings (SSSR count). The molecular weight excluding hydrogens is 494 g/mol. The van der Waals surface area contributed by atoms with Gasteiger partial charge < -0.3 is 14.8 Å². The van der Waals surface area contributed by atoms with Crippen LogP contribution in [0.4, 0.5) is 0 Å². The Morgan fingerprint density at radius 1 is 1.07 bits per heavy atom. The van der Waals surface area contributed by atoms with Gasteiger partial charge in [0.05, 0.1) is 11.0 Å². The van der Waals surface area contributed by atoms with Crippen molar-refractivity contribution in [3.05, 3.63) is 76.9 Å². The van der Waals surface area contributed by atoms with Crippen molar-refractivity contribution in [2.75, 3.05) is 32.7 Å². The number of nitrogens with zero attached hydrogens (tertiary/aromatic N) is 5. The highest BCUT2D eigenvalue weighted by atomic mass is 15.2. The largest absolute Gasteiger partial charge is 0.370 e. The molecule has 5 heterocycles. The lowest BCUT2D eigenvalue weighted by Gasteiger charge is -2.30. The third-order valence-electron chi connectivity index (χ3n) is 8.07. The lowest BCUT2D eigenvalue weighted by atomic mass is 10.0. The molecule has 40 heavy (non-hydrogen) atoms. The van der Waals surface area contributed by atoms with Gasteiger partial charge in [-0.25, -0.2) is 4.98 Å². The van der Waals surface area contributed by atoms with Crippen LogP contribution in [0.25, 0.3) is 34.9 Å². The van der Waals surface area contributed by atoms with E-state index in [-0.39, 0.29) is 0 Å². The summed E-state index contributed by atoms with van der Waals surface area (Å²) in [5.74, 6) is 0.747. The van der Waals surface area contributed by atoms with Crippen molar-refractivity contribution in [2.24, 2.45) is 0 Å². The molecular formula is C33H43N7. The number of nitrogens with one attached hydrogen (secondary N) is 2. The Hall–Kier alpha value is -3.71. The van der Waals surface area contributed by atoms with E-state index in [4.69, 9.17) is 4.98 Å². The maximum absolute atomic E-state index is 5.07.